The summed E-state index contributed by atoms with van der Waals surface area (Å²) in [5.74, 6) is 0.271. The summed E-state index contributed by atoms with van der Waals surface area (Å²) in [5.41, 5.74) is 2.08. The molecule has 0 bridgehead atoms. The zero-order valence-electron chi connectivity index (χ0n) is 13.1. The second kappa shape index (κ2) is 6.69. The summed E-state index contributed by atoms with van der Waals surface area (Å²) in [4.78, 5) is 26.1. The van der Waals surface area contributed by atoms with Crippen LogP contribution in [0.1, 0.15) is 24.7 Å². The van der Waals surface area contributed by atoms with Gasteiger partial charge in [0, 0.05) is 18.7 Å². The van der Waals surface area contributed by atoms with Gasteiger partial charge >= 0.3 is 0 Å². The number of anilines is 1. The molecule has 2 heterocycles. The van der Waals surface area contributed by atoms with E-state index in [4.69, 9.17) is 4.42 Å². The monoisotopic (exact) mass is 312 g/mol. The van der Waals surface area contributed by atoms with Gasteiger partial charge in [-0.25, -0.2) is 0 Å². The van der Waals surface area contributed by atoms with Gasteiger partial charge in [0.1, 0.15) is 5.76 Å². The summed E-state index contributed by atoms with van der Waals surface area (Å²) >= 11 is 0. The Labute approximate surface area is 135 Å². The van der Waals surface area contributed by atoms with Gasteiger partial charge in [0.15, 0.2) is 0 Å². The van der Waals surface area contributed by atoms with E-state index < -0.39 is 0 Å². The third kappa shape index (κ3) is 3.44. The number of amides is 2. The molecule has 1 fully saturated rings. The lowest BCUT2D eigenvalue weighted by Gasteiger charge is -2.17. The SMILES string of the molecule is CCc1ccc(N2C[C@H](C(=O)NCc3ccco3)CC2=O)cc1. The van der Waals surface area contributed by atoms with Crippen LogP contribution in [0.15, 0.2) is 47.1 Å². The van der Waals surface area contributed by atoms with Crippen molar-refractivity contribution in [1.82, 2.24) is 5.32 Å². The number of hydrogen-bond donors (Lipinski definition) is 1. The van der Waals surface area contributed by atoms with Crippen LogP contribution in [0.3, 0.4) is 0 Å². The van der Waals surface area contributed by atoms with Gasteiger partial charge in [0.2, 0.25) is 11.8 Å². The molecular weight excluding hydrogens is 292 g/mol. The average Bonchev–Trinajstić information content (AvgIpc) is 3.22. The van der Waals surface area contributed by atoms with Gasteiger partial charge in [-0.1, -0.05) is 19.1 Å². The first kappa shape index (κ1) is 15.3. The van der Waals surface area contributed by atoms with E-state index in [1.165, 1.54) is 5.56 Å². The Bertz CT molecular complexity index is 677. The molecule has 0 spiro atoms. The van der Waals surface area contributed by atoms with Crippen molar-refractivity contribution >= 4 is 17.5 Å². The van der Waals surface area contributed by atoms with Gasteiger partial charge in [0.25, 0.3) is 0 Å². The van der Waals surface area contributed by atoms with Gasteiger partial charge in [-0.2, -0.15) is 0 Å². The zero-order chi connectivity index (χ0) is 16.2. The van der Waals surface area contributed by atoms with Gasteiger partial charge in [-0.15, -0.1) is 0 Å². The predicted molar refractivity (Wildman–Crippen MR) is 86.8 cm³/mol. The molecule has 1 aromatic heterocycles. The fourth-order valence-electron chi connectivity index (χ4n) is 2.78. The fourth-order valence-corrected chi connectivity index (χ4v) is 2.78. The Morgan fingerprint density at radius 3 is 2.74 bits per heavy atom. The van der Waals surface area contributed by atoms with Crippen LogP contribution in [-0.2, 0) is 22.6 Å². The van der Waals surface area contributed by atoms with Crippen LogP contribution in [-0.4, -0.2) is 18.4 Å². The van der Waals surface area contributed by atoms with E-state index in [1.54, 1.807) is 17.2 Å². The molecular formula is C18H20N2O3. The fraction of sp³-hybridized carbons (Fsp3) is 0.333. The summed E-state index contributed by atoms with van der Waals surface area (Å²) < 4.78 is 5.19. The van der Waals surface area contributed by atoms with Crippen molar-refractivity contribution in [2.45, 2.75) is 26.3 Å². The van der Waals surface area contributed by atoms with Crippen molar-refractivity contribution in [3.05, 3.63) is 54.0 Å². The number of benzene rings is 1. The molecule has 5 nitrogen and oxygen atoms in total. The molecule has 5 heteroatoms. The molecule has 23 heavy (non-hydrogen) atoms. The number of rotatable bonds is 5. The van der Waals surface area contributed by atoms with E-state index >= 15 is 0 Å². The first-order chi connectivity index (χ1) is 11.2. The zero-order valence-corrected chi connectivity index (χ0v) is 13.1. The standard InChI is InChI=1S/C18H20N2O3/c1-2-13-5-7-15(8-6-13)20-12-14(10-17(20)21)18(22)19-11-16-4-3-9-23-16/h3-9,14H,2,10-12H2,1H3,(H,19,22)/t14-/m1/s1. The van der Waals surface area contributed by atoms with Crippen molar-refractivity contribution in [3.8, 4) is 0 Å². The summed E-state index contributed by atoms with van der Waals surface area (Å²) in [6.07, 6.45) is 2.79. The van der Waals surface area contributed by atoms with E-state index in [1.807, 2.05) is 30.3 Å². The van der Waals surface area contributed by atoms with E-state index in [-0.39, 0.29) is 24.2 Å². The number of nitrogens with zero attached hydrogens (tertiary/aromatic N) is 1. The molecule has 1 aliphatic heterocycles. The van der Waals surface area contributed by atoms with Crippen molar-refractivity contribution in [3.63, 3.8) is 0 Å². The number of nitrogens with one attached hydrogen (secondary N) is 1. The molecule has 3 rings (SSSR count). The molecule has 2 amide bonds. The molecule has 0 saturated carbocycles. The summed E-state index contributed by atoms with van der Waals surface area (Å²) in [6, 6.07) is 11.5. The minimum absolute atomic E-state index is 0.00704. The minimum Gasteiger partial charge on any atom is -0.467 e. The topological polar surface area (TPSA) is 62.6 Å². The van der Waals surface area contributed by atoms with E-state index in [0.29, 0.717) is 18.8 Å². The highest BCUT2D eigenvalue weighted by atomic mass is 16.3. The Hall–Kier alpha value is -2.56. The predicted octanol–water partition coefficient (Wildman–Crippen LogP) is 2.51. The normalized spacial score (nSPS) is 17.5. The number of carbonyl (C=O) groups excluding carboxylic acids is 2. The van der Waals surface area contributed by atoms with Crippen LogP contribution < -0.4 is 10.2 Å². The highest BCUT2D eigenvalue weighted by Crippen LogP contribution is 2.25. The highest BCUT2D eigenvalue weighted by molar-refractivity contribution is 6.00. The van der Waals surface area contributed by atoms with E-state index in [9.17, 15) is 9.59 Å². The Morgan fingerprint density at radius 2 is 2.09 bits per heavy atom. The smallest absolute Gasteiger partial charge is 0.227 e. The summed E-state index contributed by atoms with van der Waals surface area (Å²) in [5, 5.41) is 2.83. The number of hydrogen-bond acceptors (Lipinski definition) is 3. The third-order valence-electron chi connectivity index (χ3n) is 4.17. The Balaban J connectivity index is 1.60. The van der Waals surface area contributed by atoms with Crippen LogP contribution in [0.4, 0.5) is 5.69 Å². The number of carbonyl (C=O) groups is 2. The molecule has 1 aliphatic rings. The van der Waals surface area contributed by atoms with Gasteiger partial charge in [-0.05, 0) is 36.2 Å². The van der Waals surface area contributed by atoms with Gasteiger partial charge in [-0.3, -0.25) is 9.59 Å². The first-order valence-electron chi connectivity index (χ1n) is 7.86. The maximum absolute atomic E-state index is 12.2. The molecule has 2 aromatic rings. The Morgan fingerprint density at radius 1 is 1.30 bits per heavy atom. The number of furan rings is 1. The van der Waals surface area contributed by atoms with Crippen molar-refractivity contribution in [2.75, 3.05) is 11.4 Å². The first-order valence-corrected chi connectivity index (χ1v) is 7.86. The molecule has 120 valence electrons. The molecule has 1 N–H and O–H groups in total. The number of aryl methyl sites for hydroxylation is 1. The van der Waals surface area contributed by atoms with Gasteiger partial charge in [0.05, 0.1) is 18.7 Å². The van der Waals surface area contributed by atoms with Crippen LogP contribution in [0, 0.1) is 5.92 Å². The third-order valence-corrected chi connectivity index (χ3v) is 4.17. The summed E-state index contributed by atoms with van der Waals surface area (Å²) in [6.45, 7) is 2.87. The lowest BCUT2D eigenvalue weighted by atomic mass is 10.1. The molecule has 0 aliphatic carbocycles. The largest absolute Gasteiger partial charge is 0.467 e. The molecule has 1 saturated heterocycles. The van der Waals surface area contributed by atoms with E-state index in [0.717, 1.165) is 12.1 Å². The molecule has 0 unspecified atom stereocenters. The van der Waals surface area contributed by atoms with E-state index in [2.05, 4.69) is 12.2 Å². The molecule has 1 atom stereocenters. The van der Waals surface area contributed by atoms with Crippen LogP contribution >= 0.6 is 0 Å². The van der Waals surface area contributed by atoms with Crippen LogP contribution in [0.25, 0.3) is 0 Å². The van der Waals surface area contributed by atoms with Gasteiger partial charge < -0.3 is 14.6 Å². The van der Waals surface area contributed by atoms with Crippen molar-refractivity contribution in [2.24, 2.45) is 5.92 Å². The average molecular weight is 312 g/mol. The van der Waals surface area contributed by atoms with Crippen molar-refractivity contribution < 1.29 is 14.0 Å². The quantitative estimate of drug-likeness (QED) is 0.922. The Kier molecular flexibility index (Phi) is 4.46. The maximum atomic E-state index is 12.2. The molecule has 0 radical (unpaired) electrons. The second-order valence-electron chi connectivity index (χ2n) is 5.72. The minimum atomic E-state index is -0.316. The molecule has 1 aromatic carbocycles. The van der Waals surface area contributed by atoms with Crippen LogP contribution in [0.5, 0.6) is 0 Å². The maximum Gasteiger partial charge on any atom is 0.227 e. The second-order valence-corrected chi connectivity index (χ2v) is 5.72. The lowest BCUT2D eigenvalue weighted by Crippen LogP contribution is -2.32. The lowest BCUT2D eigenvalue weighted by molar-refractivity contribution is -0.126. The summed E-state index contributed by atoms with van der Waals surface area (Å²) in [7, 11) is 0. The van der Waals surface area contributed by atoms with Crippen molar-refractivity contribution in [1.29, 1.82) is 0 Å². The van der Waals surface area contributed by atoms with Crippen LogP contribution in [0.2, 0.25) is 0 Å². The highest BCUT2D eigenvalue weighted by Gasteiger charge is 2.34.